The summed E-state index contributed by atoms with van der Waals surface area (Å²) in [4.78, 5) is 3.75. The van der Waals surface area contributed by atoms with E-state index in [0.717, 1.165) is 66.8 Å². The van der Waals surface area contributed by atoms with E-state index in [1.807, 2.05) is 24.3 Å². The van der Waals surface area contributed by atoms with E-state index in [-0.39, 0.29) is 17.8 Å². The van der Waals surface area contributed by atoms with Gasteiger partial charge in [-0.25, -0.2) is 0 Å². The van der Waals surface area contributed by atoms with E-state index in [1.165, 1.54) is 16.0 Å². The van der Waals surface area contributed by atoms with Crippen molar-refractivity contribution in [1.29, 1.82) is 0 Å². The number of rotatable bonds is 3. The number of hydrogen-bond donors (Lipinski definition) is 1. The van der Waals surface area contributed by atoms with Crippen molar-refractivity contribution in [3.63, 3.8) is 0 Å². The molecule has 0 saturated heterocycles. The van der Waals surface area contributed by atoms with Crippen molar-refractivity contribution < 1.29 is 33.7 Å². The lowest BCUT2D eigenvalue weighted by atomic mass is 9.87. The van der Waals surface area contributed by atoms with E-state index in [2.05, 4.69) is 55.4 Å². The van der Waals surface area contributed by atoms with Crippen LogP contribution in [0.2, 0.25) is 0 Å². The highest BCUT2D eigenvalue weighted by molar-refractivity contribution is 5.62. The van der Waals surface area contributed by atoms with Gasteiger partial charge in [0.1, 0.15) is 23.3 Å². The molecule has 45 heavy (non-hydrogen) atoms. The summed E-state index contributed by atoms with van der Waals surface area (Å²) in [6, 6.07) is 20.7. The fourth-order valence-corrected chi connectivity index (χ4v) is 7.21. The molecule has 234 valence electrons. The van der Waals surface area contributed by atoms with E-state index >= 15 is 0 Å². The first-order chi connectivity index (χ1) is 21.9. The van der Waals surface area contributed by atoms with Gasteiger partial charge in [0.05, 0.1) is 34.9 Å². The highest BCUT2D eigenvalue weighted by atomic mass is 16.5. The molecule has 4 aromatic rings. The van der Waals surface area contributed by atoms with Crippen LogP contribution in [0.4, 0.5) is 0 Å². The van der Waals surface area contributed by atoms with Gasteiger partial charge in [-0.05, 0) is 90.4 Å². The molecule has 4 aliphatic rings. The Kier molecular flexibility index (Phi) is 7.71. The number of fused-ring (bicyclic) bond motifs is 2. The molecule has 8 nitrogen and oxygen atoms in total. The van der Waals surface area contributed by atoms with Gasteiger partial charge in [0, 0.05) is 36.6 Å². The Morgan fingerprint density at radius 2 is 1.51 bits per heavy atom. The Morgan fingerprint density at radius 1 is 0.778 bits per heavy atom. The topological polar surface area (TPSA) is 76.9 Å². The number of benzene rings is 4. The third-order valence-electron chi connectivity index (χ3n) is 9.81. The lowest BCUT2D eigenvalue weighted by Crippen LogP contribution is -3.10. The average Bonchev–Trinajstić information content (AvgIpc) is 3.05. The van der Waals surface area contributed by atoms with Crippen molar-refractivity contribution >= 4 is 0 Å². The molecule has 4 aromatic carbocycles. The molecule has 3 atom stereocenters. The fourth-order valence-electron chi connectivity index (χ4n) is 7.21. The maximum Gasteiger partial charge on any atom is 0.169 e. The molecule has 0 fully saturated rings. The van der Waals surface area contributed by atoms with Crippen LogP contribution in [0.5, 0.6) is 46.0 Å². The molecular formula is C37H40N2O6. The smallest absolute Gasteiger partial charge is 0.169 e. The highest BCUT2D eigenvalue weighted by Crippen LogP contribution is 2.48. The Hall–Kier alpha value is -4.40. The van der Waals surface area contributed by atoms with Gasteiger partial charge in [-0.15, -0.1) is 0 Å². The molecule has 3 unspecified atom stereocenters. The van der Waals surface area contributed by atoms with Gasteiger partial charge in [0.2, 0.25) is 0 Å². The first kappa shape index (κ1) is 29.3. The molecule has 0 aromatic heterocycles. The number of likely N-dealkylation sites (N-methyl/N-ethyl adjacent to an activating group) is 2. The first-order valence-corrected chi connectivity index (χ1v) is 15.6. The first-order valence-electron chi connectivity index (χ1n) is 15.6. The summed E-state index contributed by atoms with van der Waals surface area (Å²) in [7, 11) is 9.23. The Bertz CT molecular complexity index is 1740. The van der Waals surface area contributed by atoms with Gasteiger partial charge in [-0.1, -0.05) is 18.2 Å². The maximum absolute atomic E-state index is 13.8. The van der Waals surface area contributed by atoms with Crippen LogP contribution < -0.4 is 33.7 Å². The minimum atomic E-state index is -0.235. The van der Waals surface area contributed by atoms with Gasteiger partial charge in [0.25, 0.3) is 0 Å². The van der Waals surface area contributed by atoms with Crippen molar-refractivity contribution in [3.05, 3.63) is 94.0 Å². The van der Waals surface area contributed by atoms with Crippen molar-refractivity contribution in [2.45, 2.75) is 37.8 Å². The van der Waals surface area contributed by atoms with Crippen LogP contribution >= 0.6 is 0 Å². The van der Waals surface area contributed by atoms with Crippen LogP contribution in [-0.2, 0) is 25.7 Å². The molecule has 8 rings (SSSR count). The minimum Gasteiger partial charge on any atom is -0.867 e. The van der Waals surface area contributed by atoms with Crippen molar-refractivity contribution in [2.24, 2.45) is 0 Å². The molecular weight excluding hydrogens is 568 g/mol. The Morgan fingerprint density at radius 3 is 2.27 bits per heavy atom. The largest absolute Gasteiger partial charge is 0.867 e. The van der Waals surface area contributed by atoms with Gasteiger partial charge >= 0.3 is 0 Å². The Labute approximate surface area is 264 Å². The van der Waals surface area contributed by atoms with E-state index in [1.54, 1.807) is 21.3 Å². The standard InChI is InChI=1S/C37H40N2O6/c1-38-14-12-24-19-32(42-4)34-20-27(24)29(38)17-23-8-11-31(41-3)33(18-23)44-25-9-6-22(7-10-25)16-30-28-21-35(43-5)36(40)37(45-34)26(28)13-15-39(30)2/h6-11,18-21,29-30,40H,12-17H2,1-5H3. The predicted molar refractivity (Wildman–Crippen MR) is 170 cm³/mol. The van der Waals surface area contributed by atoms with Crippen LogP contribution in [0.25, 0.3) is 0 Å². The van der Waals surface area contributed by atoms with E-state index in [4.69, 9.17) is 23.7 Å². The monoisotopic (exact) mass is 608 g/mol. The molecule has 0 aliphatic carbocycles. The van der Waals surface area contributed by atoms with Crippen molar-refractivity contribution in [2.75, 3.05) is 48.5 Å². The minimum absolute atomic E-state index is 0.0807. The second kappa shape index (κ2) is 11.8. The maximum atomic E-state index is 13.8. The predicted octanol–water partition coefficient (Wildman–Crippen LogP) is 4.81. The molecule has 1 N–H and O–H groups in total. The molecule has 4 aliphatic heterocycles. The van der Waals surface area contributed by atoms with Crippen LogP contribution in [0.3, 0.4) is 0 Å². The Balaban J connectivity index is 1.44. The fraction of sp³-hybridized carbons (Fsp3) is 0.351. The quantitative estimate of drug-likeness (QED) is 0.358. The summed E-state index contributed by atoms with van der Waals surface area (Å²) in [5.41, 5.74) is 6.72. The molecule has 4 heterocycles. The highest BCUT2D eigenvalue weighted by Gasteiger charge is 2.33. The number of ether oxygens (including phenoxy) is 5. The van der Waals surface area contributed by atoms with E-state index in [9.17, 15) is 5.11 Å². The second-order valence-corrected chi connectivity index (χ2v) is 12.4. The molecule has 10 bridgehead atoms. The lowest BCUT2D eigenvalue weighted by molar-refractivity contribution is -0.914. The van der Waals surface area contributed by atoms with Crippen LogP contribution in [0.15, 0.2) is 60.7 Å². The summed E-state index contributed by atoms with van der Waals surface area (Å²) < 4.78 is 30.3. The summed E-state index contributed by atoms with van der Waals surface area (Å²) in [6.07, 6.45) is 3.17. The zero-order chi connectivity index (χ0) is 31.2. The van der Waals surface area contributed by atoms with Crippen molar-refractivity contribution in [1.82, 2.24) is 4.90 Å². The molecule has 0 radical (unpaired) electrons. The number of nitrogens with zero attached hydrogens (tertiary/aromatic N) is 1. The van der Waals surface area contributed by atoms with Crippen molar-refractivity contribution in [3.8, 4) is 46.0 Å². The van der Waals surface area contributed by atoms with Crippen LogP contribution in [-0.4, -0.2) is 53.4 Å². The average molecular weight is 609 g/mol. The van der Waals surface area contributed by atoms with Crippen LogP contribution in [0.1, 0.15) is 45.5 Å². The van der Waals surface area contributed by atoms with E-state index < -0.39 is 0 Å². The number of nitrogens with one attached hydrogen (secondary N) is 1. The molecule has 8 heteroatoms. The second-order valence-electron chi connectivity index (χ2n) is 12.4. The van der Waals surface area contributed by atoms with Crippen LogP contribution in [0, 0.1) is 0 Å². The number of hydrogen-bond acceptors (Lipinski definition) is 7. The number of quaternary nitrogens is 1. The number of methoxy groups -OCH3 is 3. The van der Waals surface area contributed by atoms with Gasteiger partial charge < -0.3 is 33.7 Å². The summed E-state index contributed by atoms with van der Waals surface area (Å²) in [6.45, 7) is 1.79. The summed E-state index contributed by atoms with van der Waals surface area (Å²) in [5.74, 6) is 3.68. The SMILES string of the molecule is COc1ccc2cc1Oc1ccc(cc1)CC1c3cc(OC)c([O-])c(c3CC[NH+]1C)Oc1cc3c(cc1OC)CCN(C)C3C2. The summed E-state index contributed by atoms with van der Waals surface area (Å²) in [5, 5.41) is 13.8. The third-order valence-corrected chi connectivity index (χ3v) is 9.81. The zero-order valence-electron chi connectivity index (χ0n) is 26.6. The van der Waals surface area contributed by atoms with Gasteiger partial charge in [0.15, 0.2) is 23.0 Å². The summed E-state index contributed by atoms with van der Waals surface area (Å²) >= 11 is 0. The molecule has 0 amide bonds. The van der Waals surface area contributed by atoms with Gasteiger partial charge in [-0.2, -0.15) is 0 Å². The van der Waals surface area contributed by atoms with Gasteiger partial charge in [-0.3, -0.25) is 4.90 Å². The van der Waals surface area contributed by atoms with E-state index in [0.29, 0.717) is 34.5 Å². The zero-order valence-corrected chi connectivity index (χ0v) is 26.6. The molecule has 0 saturated carbocycles. The molecule has 0 spiro atoms. The normalized spacial score (nSPS) is 20.6. The third kappa shape index (κ3) is 5.32. The lowest BCUT2D eigenvalue weighted by Gasteiger charge is -2.36.